The van der Waals surface area contributed by atoms with Crippen LogP contribution in [0.25, 0.3) is 0 Å². The lowest BCUT2D eigenvalue weighted by atomic mass is 10.3. The summed E-state index contributed by atoms with van der Waals surface area (Å²) in [6, 6.07) is 1.74. The second-order valence-electron chi connectivity index (χ2n) is 4.38. The van der Waals surface area contributed by atoms with E-state index >= 15 is 0 Å². The number of aryl methyl sites for hydroxylation is 2. The third-order valence-corrected chi connectivity index (χ3v) is 4.11. The van der Waals surface area contributed by atoms with Gasteiger partial charge >= 0.3 is 0 Å². The van der Waals surface area contributed by atoms with E-state index in [0.29, 0.717) is 18.8 Å². The average Bonchev–Trinajstić information content (AvgIpc) is 2.88. The largest absolute Gasteiger partial charge is 0.330 e. The van der Waals surface area contributed by atoms with Crippen LogP contribution in [0.5, 0.6) is 0 Å². The minimum absolute atomic E-state index is 0.123. The number of hydrogen-bond donors (Lipinski definition) is 2. The molecular weight excluding hydrogens is 278 g/mol. The molecule has 0 unspecified atom stereocenters. The predicted molar refractivity (Wildman–Crippen MR) is 75.7 cm³/mol. The Hall–Kier alpha value is -1.93. The summed E-state index contributed by atoms with van der Waals surface area (Å²) in [4.78, 5) is 4.03. The van der Waals surface area contributed by atoms with Gasteiger partial charge in [-0.3, -0.25) is 14.4 Å². The molecule has 0 aliphatic heterocycles. The summed E-state index contributed by atoms with van der Waals surface area (Å²) in [5, 5.41) is 4.01. The molecule has 0 aromatic carbocycles. The number of nitrogens with one attached hydrogen (secondary N) is 1. The Morgan fingerprint density at radius 1 is 1.40 bits per heavy atom. The van der Waals surface area contributed by atoms with Gasteiger partial charge in [0.05, 0.1) is 18.1 Å². The maximum atomic E-state index is 12.2. The fraction of sp³-hybridized carbons (Fsp3) is 0.333. The van der Waals surface area contributed by atoms with Gasteiger partial charge in [-0.25, -0.2) is 8.42 Å². The van der Waals surface area contributed by atoms with Gasteiger partial charge in [0.2, 0.25) is 0 Å². The van der Waals surface area contributed by atoms with Crippen LogP contribution in [-0.2, 0) is 16.6 Å². The van der Waals surface area contributed by atoms with Gasteiger partial charge in [-0.05, 0) is 31.5 Å². The number of nitrogens with two attached hydrogens (primary N) is 1. The van der Waals surface area contributed by atoms with Crippen molar-refractivity contribution >= 4 is 15.7 Å². The zero-order chi connectivity index (χ0) is 14.6. The van der Waals surface area contributed by atoms with Crippen molar-refractivity contribution in [3.63, 3.8) is 0 Å². The molecule has 2 aromatic rings. The molecular formula is C12H17N5O2S. The molecule has 20 heavy (non-hydrogen) atoms. The van der Waals surface area contributed by atoms with Gasteiger partial charge in [-0.1, -0.05) is 0 Å². The Kier molecular flexibility index (Phi) is 4.35. The number of hydrogen-bond acceptors (Lipinski definition) is 5. The van der Waals surface area contributed by atoms with Crippen LogP contribution in [0.2, 0.25) is 0 Å². The third kappa shape index (κ3) is 3.34. The zero-order valence-electron chi connectivity index (χ0n) is 11.2. The molecule has 108 valence electrons. The third-order valence-electron chi connectivity index (χ3n) is 2.79. The van der Waals surface area contributed by atoms with Gasteiger partial charge < -0.3 is 5.73 Å². The SMILES string of the molecule is Cc1ccncc1NS(=O)(=O)c1cnn(CCCN)c1. The van der Waals surface area contributed by atoms with Gasteiger partial charge in [0.1, 0.15) is 4.90 Å². The maximum Gasteiger partial charge on any atom is 0.265 e. The van der Waals surface area contributed by atoms with Gasteiger partial charge in [0.15, 0.2) is 0 Å². The smallest absolute Gasteiger partial charge is 0.265 e. The molecule has 2 heterocycles. The summed E-state index contributed by atoms with van der Waals surface area (Å²) in [5.74, 6) is 0. The van der Waals surface area contributed by atoms with Gasteiger partial charge in [-0.2, -0.15) is 5.10 Å². The van der Waals surface area contributed by atoms with E-state index in [0.717, 1.165) is 12.0 Å². The Morgan fingerprint density at radius 3 is 2.90 bits per heavy atom. The van der Waals surface area contributed by atoms with Crippen molar-refractivity contribution in [1.29, 1.82) is 0 Å². The number of pyridine rings is 1. The van der Waals surface area contributed by atoms with E-state index in [-0.39, 0.29) is 4.90 Å². The second-order valence-corrected chi connectivity index (χ2v) is 6.06. The van der Waals surface area contributed by atoms with E-state index < -0.39 is 10.0 Å². The molecule has 0 saturated heterocycles. The van der Waals surface area contributed by atoms with Crippen molar-refractivity contribution < 1.29 is 8.42 Å². The van der Waals surface area contributed by atoms with Gasteiger partial charge in [0, 0.05) is 18.9 Å². The van der Waals surface area contributed by atoms with Crippen LogP contribution in [0.3, 0.4) is 0 Å². The van der Waals surface area contributed by atoms with Crippen LogP contribution in [0.15, 0.2) is 35.7 Å². The highest BCUT2D eigenvalue weighted by Gasteiger charge is 2.17. The summed E-state index contributed by atoms with van der Waals surface area (Å²) in [6.07, 6.45) is 6.65. The quantitative estimate of drug-likeness (QED) is 0.818. The monoisotopic (exact) mass is 295 g/mol. The van der Waals surface area contributed by atoms with Crippen LogP contribution in [0.1, 0.15) is 12.0 Å². The lowest BCUT2D eigenvalue weighted by Gasteiger charge is -2.07. The molecule has 3 N–H and O–H groups in total. The van der Waals surface area contributed by atoms with E-state index in [1.165, 1.54) is 18.6 Å². The summed E-state index contributed by atoms with van der Waals surface area (Å²) in [6.45, 7) is 2.94. The molecule has 0 saturated carbocycles. The number of sulfonamides is 1. The number of nitrogens with zero attached hydrogens (tertiary/aromatic N) is 3. The molecule has 0 fully saturated rings. The van der Waals surface area contributed by atoms with Crippen LogP contribution < -0.4 is 10.5 Å². The first kappa shape index (κ1) is 14.5. The summed E-state index contributed by atoms with van der Waals surface area (Å²) in [7, 11) is -3.64. The molecule has 0 radical (unpaired) electrons. The van der Waals surface area contributed by atoms with Crippen LogP contribution in [0, 0.1) is 6.92 Å². The predicted octanol–water partition coefficient (Wildman–Crippen LogP) is 0.736. The minimum Gasteiger partial charge on any atom is -0.330 e. The fourth-order valence-electron chi connectivity index (χ4n) is 1.63. The van der Waals surface area contributed by atoms with Gasteiger partial charge in [-0.15, -0.1) is 0 Å². The minimum atomic E-state index is -3.64. The molecule has 2 aromatic heterocycles. The molecule has 0 atom stereocenters. The molecule has 0 amide bonds. The summed E-state index contributed by atoms with van der Waals surface area (Å²) in [5.41, 5.74) is 6.67. The zero-order valence-corrected chi connectivity index (χ0v) is 12.0. The second kappa shape index (κ2) is 6.02. The van der Waals surface area contributed by atoms with E-state index in [1.807, 2.05) is 6.92 Å². The summed E-state index contributed by atoms with van der Waals surface area (Å²) < 4.78 is 28.5. The van der Waals surface area contributed by atoms with Crippen molar-refractivity contribution in [3.8, 4) is 0 Å². The first-order valence-electron chi connectivity index (χ1n) is 6.19. The van der Waals surface area contributed by atoms with Crippen molar-refractivity contribution in [2.75, 3.05) is 11.3 Å². The maximum absolute atomic E-state index is 12.2. The van der Waals surface area contributed by atoms with Crippen molar-refractivity contribution in [1.82, 2.24) is 14.8 Å². The highest BCUT2D eigenvalue weighted by Crippen LogP contribution is 2.17. The Labute approximate surface area is 117 Å². The van der Waals surface area contributed by atoms with Crippen molar-refractivity contribution in [2.24, 2.45) is 5.73 Å². The molecule has 0 aliphatic rings. The number of aromatic nitrogens is 3. The van der Waals surface area contributed by atoms with Crippen molar-refractivity contribution in [3.05, 3.63) is 36.4 Å². The lowest BCUT2D eigenvalue weighted by molar-refractivity contribution is 0.582. The van der Waals surface area contributed by atoms with Crippen molar-refractivity contribution in [2.45, 2.75) is 24.8 Å². The molecule has 0 spiro atoms. The van der Waals surface area contributed by atoms with Crippen LogP contribution >= 0.6 is 0 Å². The molecule has 8 heteroatoms. The van der Waals surface area contributed by atoms with Crippen LogP contribution in [-0.4, -0.2) is 29.7 Å². The van der Waals surface area contributed by atoms with E-state index in [2.05, 4.69) is 14.8 Å². The topological polar surface area (TPSA) is 103 Å². The summed E-state index contributed by atoms with van der Waals surface area (Å²) >= 11 is 0. The van der Waals surface area contributed by atoms with Crippen LogP contribution in [0.4, 0.5) is 5.69 Å². The van der Waals surface area contributed by atoms with E-state index in [4.69, 9.17) is 5.73 Å². The molecule has 0 bridgehead atoms. The van der Waals surface area contributed by atoms with E-state index in [9.17, 15) is 8.42 Å². The normalized spacial score (nSPS) is 11.5. The fourth-order valence-corrected chi connectivity index (χ4v) is 2.70. The first-order chi connectivity index (χ1) is 9.53. The standard InChI is InChI=1S/C12H17N5O2S/c1-10-3-5-14-8-12(10)16-20(18,19)11-7-15-17(9-11)6-2-4-13/h3,5,7-9,16H,2,4,6,13H2,1H3. The Balaban J connectivity index is 2.18. The number of anilines is 1. The average molecular weight is 295 g/mol. The molecule has 7 nitrogen and oxygen atoms in total. The molecule has 2 rings (SSSR count). The first-order valence-corrected chi connectivity index (χ1v) is 7.67. The van der Waals surface area contributed by atoms with E-state index in [1.54, 1.807) is 16.9 Å². The highest BCUT2D eigenvalue weighted by atomic mass is 32.2. The number of rotatable bonds is 6. The Bertz CT molecular complexity index is 681. The molecule has 0 aliphatic carbocycles. The lowest BCUT2D eigenvalue weighted by Crippen LogP contribution is -2.13. The highest BCUT2D eigenvalue weighted by molar-refractivity contribution is 7.92. The Morgan fingerprint density at radius 2 is 2.20 bits per heavy atom. The van der Waals surface area contributed by atoms with Gasteiger partial charge in [0.25, 0.3) is 10.0 Å².